The number of hydrogen-bond donors (Lipinski definition) is 0. The molecule has 0 bridgehead atoms. The van der Waals surface area contributed by atoms with Crippen LogP contribution in [0.4, 0.5) is 0 Å². The van der Waals surface area contributed by atoms with Crippen molar-refractivity contribution in [2.75, 3.05) is 39.5 Å². The van der Waals surface area contributed by atoms with E-state index in [4.69, 9.17) is 27.8 Å². The van der Waals surface area contributed by atoms with Crippen LogP contribution in [-0.2, 0) is 27.8 Å². The molecule has 0 amide bonds. The second-order valence-electron chi connectivity index (χ2n) is 26.0. The van der Waals surface area contributed by atoms with Crippen LogP contribution in [0.15, 0.2) is 60.7 Å². The fourth-order valence-corrected chi connectivity index (χ4v) is 16.8. The topological polar surface area (TPSA) is 68.3 Å². The number of unbranched alkanes of at least 4 members (excludes halogenated alkanes) is 18. The summed E-state index contributed by atoms with van der Waals surface area (Å²) in [6.07, 6.45) is 30.3. The standard InChI is InChI=1S/C63H110N4O6P2/c1-13-15-17-19-21-23-25-27-29-37-43-64(57-45-59(5,6)66(60(7,8)46-57)72-53(3)55-39-33-31-34-40-55)74-68-49-63(50-69-74)51-70-75(71-52-63)65(44-38-30-28-26-24-22-20-18-16-14-2)58-47-61(9,10)67(62(11,12)48-58)73-54(4)56-41-35-32-36-42-56/h31-36,39-42,53-54,57-58H,13-30,37-38,43-52H2,1-12H3. The minimum absolute atomic E-state index is 0.0391. The van der Waals surface area contributed by atoms with Crippen molar-refractivity contribution >= 4 is 17.1 Å². The zero-order valence-corrected chi connectivity index (χ0v) is 51.7. The van der Waals surface area contributed by atoms with Crippen molar-refractivity contribution in [3.63, 3.8) is 0 Å². The van der Waals surface area contributed by atoms with Crippen LogP contribution >= 0.6 is 17.1 Å². The Kier molecular flexibility index (Phi) is 25.8. The fourth-order valence-electron chi connectivity index (χ4n) is 13.0. The lowest BCUT2D eigenvalue weighted by Gasteiger charge is -2.57. The highest BCUT2D eigenvalue weighted by molar-refractivity contribution is 7.45. The molecule has 12 heteroatoms. The number of rotatable bonds is 32. The average molecular weight is 1080 g/mol. The van der Waals surface area contributed by atoms with Crippen LogP contribution in [0.1, 0.15) is 261 Å². The van der Waals surface area contributed by atoms with Gasteiger partial charge in [0.05, 0.1) is 31.8 Å². The average Bonchev–Trinajstić information content (AvgIpc) is 3.38. The van der Waals surface area contributed by atoms with E-state index in [1.807, 2.05) is 0 Å². The van der Waals surface area contributed by atoms with Crippen molar-refractivity contribution < 1.29 is 27.8 Å². The summed E-state index contributed by atoms with van der Waals surface area (Å²) in [6.45, 7) is 32.2. The van der Waals surface area contributed by atoms with E-state index in [0.29, 0.717) is 38.5 Å². The molecule has 428 valence electrons. The van der Waals surface area contributed by atoms with Gasteiger partial charge in [-0.1, -0.05) is 190 Å². The maximum atomic E-state index is 7.03. The molecule has 0 N–H and O–H groups in total. The van der Waals surface area contributed by atoms with Crippen LogP contribution in [0, 0.1) is 5.41 Å². The van der Waals surface area contributed by atoms with Crippen LogP contribution in [0.3, 0.4) is 0 Å². The molecule has 1 spiro atoms. The van der Waals surface area contributed by atoms with E-state index in [9.17, 15) is 0 Å². The van der Waals surface area contributed by atoms with Gasteiger partial charge in [0.2, 0.25) is 0 Å². The first-order chi connectivity index (χ1) is 35.9. The van der Waals surface area contributed by atoms with Crippen molar-refractivity contribution in [1.82, 2.24) is 19.5 Å². The summed E-state index contributed by atoms with van der Waals surface area (Å²) in [6, 6.07) is 21.9. The molecule has 4 aliphatic heterocycles. The van der Waals surface area contributed by atoms with Crippen LogP contribution in [0.5, 0.6) is 0 Å². The summed E-state index contributed by atoms with van der Waals surface area (Å²) >= 11 is 0. The minimum Gasteiger partial charge on any atom is -0.321 e. The van der Waals surface area contributed by atoms with Crippen molar-refractivity contribution in [3.8, 4) is 0 Å². The first kappa shape index (κ1) is 63.1. The summed E-state index contributed by atoms with van der Waals surface area (Å²) < 4.78 is 33.4. The first-order valence-corrected chi connectivity index (χ1v) is 32.9. The molecule has 2 aromatic carbocycles. The molecule has 4 aliphatic rings. The zero-order chi connectivity index (χ0) is 54.0. The van der Waals surface area contributed by atoms with Gasteiger partial charge in [0.15, 0.2) is 0 Å². The van der Waals surface area contributed by atoms with E-state index in [-0.39, 0.29) is 39.8 Å². The van der Waals surface area contributed by atoms with E-state index in [0.717, 1.165) is 51.6 Å². The van der Waals surface area contributed by atoms with Gasteiger partial charge in [-0.25, -0.2) is 9.34 Å². The molecule has 0 radical (unpaired) electrons. The number of benzene rings is 2. The first-order valence-electron chi connectivity index (χ1n) is 30.6. The highest BCUT2D eigenvalue weighted by Crippen LogP contribution is 2.59. The predicted octanol–water partition coefficient (Wildman–Crippen LogP) is 18.4. The van der Waals surface area contributed by atoms with Crippen LogP contribution in [0.2, 0.25) is 0 Å². The summed E-state index contributed by atoms with van der Waals surface area (Å²) in [5.74, 6) is 0. The molecule has 2 aromatic rings. The monoisotopic (exact) mass is 1080 g/mol. The van der Waals surface area contributed by atoms with Crippen molar-refractivity contribution in [1.29, 1.82) is 0 Å². The smallest absolute Gasteiger partial charge is 0.259 e. The fraction of sp³-hybridized carbons (Fsp3) is 0.810. The zero-order valence-electron chi connectivity index (χ0n) is 49.9. The van der Waals surface area contributed by atoms with Crippen LogP contribution in [0.25, 0.3) is 0 Å². The Labute approximate surface area is 462 Å². The predicted molar refractivity (Wildman–Crippen MR) is 315 cm³/mol. The molecule has 2 unspecified atom stereocenters. The Morgan fingerprint density at radius 1 is 0.440 bits per heavy atom. The maximum absolute atomic E-state index is 7.03. The SMILES string of the molecule is CCCCCCCCCCCCN(C1CC(C)(C)N(OC(C)c2ccccc2)C(C)(C)C1)P1OCC2(CO1)COP(N(CCCCCCCCCCCC)C1CC(C)(C)N(OC(C)c3ccccc3)C(C)(C)C1)OC2. The number of piperidine rings is 2. The largest absolute Gasteiger partial charge is 0.321 e. The van der Waals surface area contributed by atoms with Crippen LogP contribution in [-0.4, -0.2) is 93.2 Å². The lowest BCUT2D eigenvalue weighted by atomic mass is 9.79. The normalized spacial score (nSPS) is 25.3. The highest BCUT2D eigenvalue weighted by Gasteiger charge is 2.54. The molecule has 6 rings (SSSR count). The molecular weight excluding hydrogens is 971 g/mol. The Hall–Kier alpha value is -1.10. The molecule has 0 aliphatic carbocycles. The molecule has 2 atom stereocenters. The van der Waals surface area contributed by atoms with Gasteiger partial charge in [-0.05, 0) is 119 Å². The summed E-state index contributed by atoms with van der Waals surface area (Å²) in [5, 5.41) is 4.63. The van der Waals surface area contributed by atoms with Gasteiger partial charge in [0.1, 0.15) is 12.2 Å². The molecule has 4 heterocycles. The van der Waals surface area contributed by atoms with E-state index in [1.165, 1.54) is 127 Å². The van der Waals surface area contributed by atoms with E-state index < -0.39 is 17.1 Å². The Balaban J connectivity index is 1.10. The lowest BCUT2D eigenvalue weighted by Crippen LogP contribution is -2.64. The van der Waals surface area contributed by atoms with Gasteiger partial charge in [0, 0.05) is 47.3 Å². The quantitative estimate of drug-likeness (QED) is 0.0523. The second-order valence-corrected chi connectivity index (χ2v) is 29.1. The van der Waals surface area contributed by atoms with Gasteiger partial charge in [0.25, 0.3) is 17.1 Å². The summed E-state index contributed by atoms with van der Waals surface area (Å²) in [5.41, 5.74) is 1.28. The number of hydroxylamine groups is 4. The van der Waals surface area contributed by atoms with Gasteiger partial charge in [-0.3, -0.25) is 9.68 Å². The maximum Gasteiger partial charge on any atom is 0.259 e. The molecule has 0 saturated carbocycles. The minimum atomic E-state index is -1.25. The van der Waals surface area contributed by atoms with E-state index in [2.05, 4.69) is 163 Å². The summed E-state index contributed by atoms with van der Waals surface area (Å²) in [4.78, 5) is 13.8. The molecule has 10 nitrogen and oxygen atoms in total. The van der Waals surface area contributed by atoms with E-state index >= 15 is 0 Å². The Bertz CT molecular complexity index is 1690. The third kappa shape index (κ3) is 19.0. The van der Waals surface area contributed by atoms with Crippen molar-refractivity contribution in [3.05, 3.63) is 71.8 Å². The highest BCUT2D eigenvalue weighted by atomic mass is 31.2. The third-order valence-electron chi connectivity index (χ3n) is 16.9. The van der Waals surface area contributed by atoms with E-state index in [1.54, 1.807) is 0 Å². The van der Waals surface area contributed by atoms with Gasteiger partial charge >= 0.3 is 0 Å². The second kappa shape index (κ2) is 30.6. The number of hydrogen-bond acceptors (Lipinski definition) is 10. The lowest BCUT2D eigenvalue weighted by molar-refractivity contribution is -0.309. The molecule has 0 aromatic heterocycles. The van der Waals surface area contributed by atoms with Crippen molar-refractivity contribution in [2.45, 2.75) is 284 Å². The van der Waals surface area contributed by atoms with Gasteiger partial charge in [-0.15, -0.1) is 0 Å². The van der Waals surface area contributed by atoms with Crippen LogP contribution < -0.4 is 0 Å². The van der Waals surface area contributed by atoms with Gasteiger partial charge < -0.3 is 18.1 Å². The Morgan fingerprint density at radius 2 is 0.707 bits per heavy atom. The molecular formula is C63H110N4O6P2. The Morgan fingerprint density at radius 3 is 0.987 bits per heavy atom. The summed E-state index contributed by atoms with van der Waals surface area (Å²) in [7, 11) is -2.51. The molecule has 4 saturated heterocycles. The third-order valence-corrected chi connectivity index (χ3v) is 20.2. The number of nitrogens with zero attached hydrogens (tertiary/aromatic N) is 4. The molecule has 4 fully saturated rings. The molecule has 75 heavy (non-hydrogen) atoms. The van der Waals surface area contributed by atoms with Gasteiger partial charge in [-0.2, -0.15) is 10.1 Å². The van der Waals surface area contributed by atoms with Crippen molar-refractivity contribution in [2.24, 2.45) is 5.41 Å².